The lowest BCUT2D eigenvalue weighted by atomic mass is 10.1. The molecule has 0 aromatic heterocycles. The molecule has 2 rings (SSSR count). The molecule has 0 saturated carbocycles. The second kappa shape index (κ2) is 9.00. The minimum absolute atomic E-state index is 0.0365. The van der Waals surface area contributed by atoms with Crippen LogP contribution in [0.4, 0.5) is 25.0 Å². The van der Waals surface area contributed by atoms with Crippen LogP contribution >= 0.6 is 11.6 Å². The average molecular weight is 412 g/mol. The molecule has 0 heterocycles. The summed E-state index contributed by atoms with van der Waals surface area (Å²) in [4.78, 5) is 35.0. The van der Waals surface area contributed by atoms with Gasteiger partial charge in [0.25, 0.3) is 11.8 Å². The van der Waals surface area contributed by atoms with Crippen LogP contribution in [-0.4, -0.2) is 30.9 Å². The lowest BCUT2D eigenvalue weighted by Gasteiger charge is -2.11. The van der Waals surface area contributed by atoms with Crippen molar-refractivity contribution in [2.24, 2.45) is 5.73 Å². The van der Waals surface area contributed by atoms with Gasteiger partial charge < -0.3 is 27.4 Å². The second-order valence-electron chi connectivity index (χ2n) is 5.51. The SMILES string of the molecule is NC(=O)Nc1ccc(Cl)c(C(=O)NCCNC(=O)c2c(F)ccc(F)c2N)c1. The van der Waals surface area contributed by atoms with Crippen molar-refractivity contribution in [3.05, 3.63) is 58.1 Å². The highest BCUT2D eigenvalue weighted by Crippen LogP contribution is 2.21. The van der Waals surface area contributed by atoms with Crippen LogP contribution in [0.1, 0.15) is 20.7 Å². The standard InChI is InChI=1S/C17H16ClF2N5O3/c18-10-2-1-8(25-17(22)28)7-9(10)15(26)23-5-6-24-16(27)13-11(19)3-4-12(20)14(13)21/h1-4,7H,5-6,21H2,(H,23,26)(H,24,27)(H3,22,25,28). The fourth-order valence-electron chi connectivity index (χ4n) is 2.25. The van der Waals surface area contributed by atoms with Crippen LogP contribution in [0.5, 0.6) is 0 Å². The summed E-state index contributed by atoms with van der Waals surface area (Å²) < 4.78 is 27.1. The molecular formula is C17H16ClF2N5O3. The lowest BCUT2D eigenvalue weighted by molar-refractivity contribution is 0.0926. The predicted octanol–water partition coefficient (Wildman–Crippen LogP) is 1.85. The minimum Gasteiger partial charge on any atom is -0.396 e. The smallest absolute Gasteiger partial charge is 0.316 e. The molecule has 2 aromatic carbocycles. The Morgan fingerprint density at radius 1 is 0.964 bits per heavy atom. The molecule has 2 aromatic rings. The number of nitrogen functional groups attached to an aromatic ring is 1. The van der Waals surface area contributed by atoms with Crippen LogP contribution in [0.15, 0.2) is 30.3 Å². The maximum atomic E-state index is 13.7. The number of primary amides is 1. The molecule has 8 nitrogen and oxygen atoms in total. The summed E-state index contributed by atoms with van der Waals surface area (Å²) in [5.41, 5.74) is 9.51. The molecule has 0 bridgehead atoms. The van der Waals surface area contributed by atoms with Gasteiger partial charge >= 0.3 is 6.03 Å². The van der Waals surface area contributed by atoms with Crippen molar-refractivity contribution in [2.45, 2.75) is 0 Å². The Bertz CT molecular complexity index is 939. The fraction of sp³-hybridized carbons (Fsp3) is 0.118. The maximum absolute atomic E-state index is 13.7. The number of anilines is 2. The molecule has 0 aliphatic carbocycles. The summed E-state index contributed by atoms with van der Waals surface area (Å²) in [6.45, 7) is -0.123. The summed E-state index contributed by atoms with van der Waals surface area (Å²) in [7, 11) is 0. The molecule has 0 fully saturated rings. The molecule has 11 heteroatoms. The van der Waals surface area contributed by atoms with Gasteiger partial charge in [-0.1, -0.05) is 11.6 Å². The van der Waals surface area contributed by atoms with Gasteiger partial charge in [-0.25, -0.2) is 13.6 Å². The molecule has 0 atom stereocenters. The molecule has 0 saturated heterocycles. The minimum atomic E-state index is -0.967. The normalized spacial score (nSPS) is 10.2. The quantitative estimate of drug-likeness (QED) is 0.365. The van der Waals surface area contributed by atoms with Gasteiger partial charge in [0.05, 0.1) is 16.3 Å². The molecule has 0 aliphatic heterocycles. The number of hydrogen-bond donors (Lipinski definition) is 5. The maximum Gasteiger partial charge on any atom is 0.316 e. The van der Waals surface area contributed by atoms with Crippen LogP contribution in [0.25, 0.3) is 0 Å². The molecule has 148 valence electrons. The number of nitrogens with one attached hydrogen (secondary N) is 3. The van der Waals surface area contributed by atoms with Crippen molar-refractivity contribution in [1.29, 1.82) is 0 Å². The van der Waals surface area contributed by atoms with Crippen molar-refractivity contribution < 1.29 is 23.2 Å². The van der Waals surface area contributed by atoms with Crippen LogP contribution in [0.2, 0.25) is 5.02 Å². The van der Waals surface area contributed by atoms with Gasteiger partial charge in [-0.3, -0.25) is 9.59 Å². The topological polar surface area (TPSA) is 139 Å². The largest absolute Gasteiger partial charge is 0.396 e. The average Bonchev–Trinajstić information content (AvgIpc) is 2.63. The van der Waals surface area contributed by atoms with Gasteiger partial charge in [0.2, 0.25) is 0 Å². The summed E-state index contributed by atoms with van der Waals surface area (Å²) in [5, 5.41) is 7.25. The Balaban J connectivity index is 1.94. The molecule has 7 N–H and O–H groups in total. The van der Waals surface area contributed by atoms with Crippen molar-refractivity contribution >= 4 is 40.8 Å². The number of carbonyl (C=O) groups excluding carboxylic acids is 3. The van der Waals surface area contributed by atoms with Gasteiger partial charge in [0.15, 0.2) is 0 Å². The summed E-state index contributed by atoms with van der Waals surface area (Å²) in [6, 6.07) is 4.98. The van der Waals surface area contributed by atoms with E-state index in [4.69, 9.17) is 23.1 Å². The Labute approximate surface area is 163 Å². The number of amides is 4. The van der Waals surface area contributed by atoms with E-state index in [9.17, 15) is 23.2 Å². The third kappa shape index (κ3) is 5.07. The highest BCUT2D eigenvalue weighted by molar-refractivity contribution is 6.34. The van der Waals surface area contributed by atoms with E-state index in [1.807, 2.05) is 0 Å². The monoisotopic (exact) mass is 411 g/mol. The highest BCUT2D eigenvalue weighted by Gasteiger charge is 2.18. The number of carbonyl (C=O) groups is 3. The van der Waals surface area contributed by atoms with E-state index < -0.39 is 40.7 Å². The van der Waals surface area contributed by atoms with Crippen LogP contribution in [0.3, 0.4) is 0 Å². The van der Waals surface area contributed by atoms with E-state index in [-0.39, 0.29) is 29.4 Å². The van der Waals surface area contributed by atoms with Gasteiger partial charge in [-0.15, -0.1) is 0 Å². The van der Waals surface area contributed by atoms with Gasteiger partial charge in [-0.05, 0) is 30.3 Å². The fourth-order valence-corrected chi connectivity index (χ4v) is 2.46. The molecule has 0 unspecified atom stereocenters. The van der Waals surface area contributed by atoms with Crippen molar-refractivity contribution in [3.63, 3.8) is 0 Å². The van der Waals surface area contributed by atoms with Crippen LogP contribution < -0.4 is 27.4 Å². The first kappa shape index (κ1) is 20.9. The first-order valence-corrected chi connectivity index (χ1v) is 8.24. The Hall–Kier alpha value is -3.40. The summed E-state index contributed by atoms with van der Waals surface area (Å²) in [6.07, 6.45) is 0. The van der Waals surface area contributed by atoms with Crippen LogP contribution in [-0.2, 0) is 0 Å². The van der Waals surface area contributed by atoms with E-state index in [1.165, 1.54) is 18.2 Å². The number of nitrogens with two attached hydrogens (primary N) is 2. The predicted molar refractivity (Wildman–Crippen MR) is 100 cm³/mol. The first-order chi connectivity index (χ1) is 13.2. The Morgan fingerprint density at radius 2 is 1.57 bits per heavy atom. The number of halogens is 3. The van der Waals surface area contributed by atoms with Crippen LogP contribution in [0, 0.1) is 11.6 Å². The van der Waals surface area contributed by atoms with Gasteiger partial charge in [0, 0.05) is 18.8 Å². The zero-order chi connectivity index (χ0) is 20.8. The lowest BCUT2D eigenvalue weighted by Crippen LogP contribution is -2.35. The molecule has 0 aliphatic rings. The molecule has 0 spiro atoms. The Morgan fingerprint density at radius 3 is 2.21 bits per heavy atom. The molecule has 4 amide bonds. The molecular weight excluding hydrogens is 396 g/mol. The van der Waals surface area contributed by atoms with E-state index in [0.29, 0.717) is 0 Å². The first-order valence-electron chi connectivity index (χ1n) is 7.86. The highest BCUT2D eigenvalue weighted by atomic mass is 35.5. The third-order valence-corrected chi connectivity index (χ3v) is 3.87. The number of rotatable bonds is 6. The van der Waals surface area contributed by atoms with Crippen molar-refractivity contribution in [1.82, 2.24) is 10.6 Å². The zero-order valence-electron chi connectivity index (χ0n) is 14.3. The molecule has 28 heavy (non-hydrogen) atoms. The van der Waals surface area contributed by atoms with E-state index in [0.717, 1.165) is 12.1 Å². The van der Waals surface area contributed by atoms with Gasteiger partial charge in [-0.2, -0.15) is 0 Å². The zero-order valence-corrected chi connectivity index (χ0v) is 15.1. The van der Waals surface area contributed by atoms with E-state index in [1.54, 1.807) is 0 Å². The van der Waals surface area contributed by atoms with E-state index in [2.05, 4.69) is 16.0 Å². The summed E-state index contributed by atoms with van der Waals surface area (Å²) >= 11 is 5.95. The second-order valence-corrected chi connectivity index (χ2v) is 5.92. The van der Waals surface area contributed by atoms with Crippen molar-refractivity contribution in [3.8, 4) is 0 Å². The van der Waals surface area contributed by atoms with Crippen molar-refractivity contribution in [2.75, 3.05) is 24.1 Å². The number of benzene rings is 2. The van der Waals surface area contributed by atoms with Gasteiger partial charge in [0.1, 0.15) is 17.2 Å². The number of urea groups is 1. The third-order valence-electron chi connectivity index (χ3n) is 3.54. The summed E-state index contributed by atoms with van der Waals surface area (Å²) in [5.74, 6) is -3.39. The number of hydrogen-bond acceptors (Lipinski definition) is 4. The Kier molecular flexibility index (Phi) is 6.72. The van der Waals surface area contributed by atoms with E-state index >= 15 is 0 Å². The molecule has 0 radical (unpaired) electrons.